The lowest BCUT2D eigenvalue weighted by Gasteiger charge is -2.36. The SMILES string of the molecule is Cl.O=C1c2c3c(nn2CCN1CC1CCN(CCc2ccc(F)cc2)CC1)CCCC3. The molecule has 2 aliphatic heterocycles. The second-order valence-corrected chi connectivity index (χ2v) is 9.12. The van der Waals surface area contributed by atoms with Crippen molar-refractivity contribution in [2.45, 2.75) is 51.5 Å². The molecule has 0 spiro atoms. The summed E-state index contributed by atoms with van der Waals surface area (Å²) in [5, 5.41) is 4.72. The predicted octanol–water partition coefficient (Wildman–Crippen LogP) is 3.73. The van der Waals surface area contributed by atoms with Crippen molar-refractivity contribution < 1.29 is 9.18 Å². The molecular formula is C24H32ClFN4O. The third-order valence-corrected chi connectivity index (χ3v) is 7.11. The van der Waals surface area contributed by atoms with Crippen LogP contribution in [0.4, 0.5) is 4.39 Å². The van der Waals surface area contributed by atoms with Gasteiger partial charge in [0, 0.05) is 25.2 Å². The van der Waals surface area contributed by atoms with Gasteiger partial charge in [0.2, 0.25) is 0 Å². The standard InChI is InChI=1S/C24H31FN4O.ClH/c25-20-7-5-18(6-8-20)9-12-27-13-10-19(11-14-27)17-28-15-16-29-23(24(28)30)21-3-1-2-4-22(21)26-29;/h5-8,19H,1-4,9-17H2;1H. The monoisotopic (exact) mass is 446 g/mol. The average Bonchev–Trinajstić information content (AvgIpc) is 3.16. The number of carbonyl (C=O) groups excluding carboxylic acids is 1. The molecule has 1 aromatic heterocycles. The predicted molar refractivity (Wildman–Crippen MR) is 121 cm³/mol. The van der Waals surface area contributed by atoms with Crippen LogP contribution in [0.25, 0.3) is 0 Å². The molecule has 1 amide bonds. The van der Waals surface area contributed by atoms with E-state index in [9.17, 15) is 9.18 Å². The number of carbonyl (C=O) groups is 1. The highest BCUT2D eigenvalue weighted by Gasteiger charge is 2.33. The smallest absolute Gasteiger partial charge is 0.272 e. The molecule has 2 aromatic rings. The van der Waals surface area contributed by atoms with Crippen molar-refractivity contribution in [3.63, 3.8) is 0 Å². The van der Waals surface area contributed by atoms with Crippen molar-refractivity contribution in [2.24, 2.45) is 5.92 Å². The molecule has 0 radical (unpaired) electrons. The molecule has 168 valence electrons. The molecule has 0 atom stereocenters. The summed E-state index contributed by atoms with van der Waals surface area (Å²) >= 11 is 0. The van der Waals surface area contributed by atoms with Gasteiger partial charge in [0.1, 0.15) is 11.5 Å². The van der Waals surface area contributed by atoms with E-state index in [1.165, 1.54) is 29.7 Å². The number of nitrogens with zero attached hydrogens (tertiary/aromatic N) is 4. The molecule has 5 rings (SSSR count). The first-order valence-corrected chi connectivity index (χ1v) is 11.5. The second-order valence-electron chi connectivity index (χ2n) is 9.12. The van der Waals surface area contributed by atoms with Crippen molar-refractivity contribution in [2.75, 3.05) is 32.7 Å². The third kappa shape index (κ3) is 4.80. The normalized spacial score (nSPS) is 19.6. The molecule has 3 heterocycles. The number of benzene rings is 1. The lowest BCUT2D eigenvalue weighted by molar-refractivity contribution is 0.0626. The second kappa shape index (κ2) is 9.70. The van der Waals surface area contributed by atoms with Crippen molar-refractivity contribution in [1.82, 2.24) is 19.6 Å². The first kappa shape index (κ1) is 22.3. The Morgan fingerprint density at radius 3 is 2.52 bits per heavy atom. The number of hydrogen-bond acceptors (Lipinski definition) is 3. The Labute approximate surface area is 190 Å². The highest BCUT2D eigenvalue weighted by atomic mass is 35.5. The van der Waals surface area contributed by atoms with Gasteiger partial charge in [-0.2, -0.15) is 5.10 Å². The highest BCUT2D eigenvalue weighted by molar-refractivity contribution is 5.95. The largest absolute Gasteiger partial charge is 0.335 e. The fourth-order valence-electron chi connectivity index (χ4n) is 5.29. The van der Waals surface area contributed by atoms with E-state index in [-0.39, 0.29) is 24.1 Å². The van der Waals surface area contributed by atoms with Gasteiger partial charge in [0.05, 0.1) is 12.2 Å². The molecule has 3 aliphatic rings. The molecule has 1 fully saturated rings. The van der Waals surface area contributed by atoms with E-state index < -0.39 is 0 Å². The third-order valence-electron chi connectivity index (χ3n) is 7.11. The molecule has 5 nitrogen and oxygen atoms in total. The number of halogens is 2. The summed E-state index contributed by atoms with van der Waals surface area (Å²) in [4.78, 5) is 17.8. The number of aryl methyl sites for hydroxylation is 1. The van der Waals surface area contributed by atoms with E-state index in [0.717, 1.165) is 77.1 Å². The van der Waals surface area contributed by atoms with Crippen LogP contribution in [0.15, 0.2) is 24.3 Å². The zero-order valence-electron chi connectivity index (χ0n) is 18.1. The maximum Gasteiger partial charge on any atom is 0.272 e. The van der Waals surface area contributed by atoms with Gasteiger partial charge in [-0.3, -0.25) is 9.48 Å². The molecule has 0 saturated carbocycles. The summed E-state index contributed by atoms with van der Waals surface area (Å²) in [6.07, 6.45) is 7.66. The average molecular weight is 447 g/mol. The topological polar surface area (TPSA) is 41.4 Å². The van der Waals surface area contributed by atoms with Crippen molar-refractivity contribution >= 4 is 18.3 Å². The van der Waals surface area contributed by atoms with Crippen LogP contribution in [0.5, 0.6) is 0 Å². The molecule has 0 bridgehead atoms. The van der Waals surface area contributed by atoms with Gasteiger partial charge >= 0.3 is 0 Å². The van der Waals surface area contributed by atoms with Crippen LogP contribution in [-0.2, 0) is 25.8 Å². The first-order chi connectivity index (χ1) is 14.7. The number of piperidine rings is 1. The summed E-state index contributed by atoms with van der Waals surface area (Å²) in [5.41, 5.74) is 4.47. The van der Waals surface area contributed by atoms with E-state index in [1.54, 1.807) is 12.1 Å². The summed E-state index contributed by atoms with van der Waals surface area (Å²) in [5.74, 6) is 0.618. The summed E-state index contributed by atoms with van der Waals surface area (Å²) in [7, 11) is 0. The molecule has 1 saturated heterocycles. The molecule has 7 heteroatoms. The van der Waals surface area contributed by atoms with Crippen LogP contribution in [-0.4, -0.2) is 58.2 Å². The Balaban J connectivity index is 0.00000231. The number of rotatable bonds is 5. The van der Waals surface area contributed by atoms with E-state index in [1.807, 2.05) is 16.8 Å². The number of fused-ring (bicyclic) bond motifs is 3. The van der Waals surface area contributed by atoms with Gasteiger partial charge in [0.25, 0.3) is 5.91 Å². The van der Waals surface area contributed by atoms with Crippen molar-refractivity contribution in [3.05, 3.63) is 52.6 Å². The van der Waals surface area contributed by atoms with Gasteiger partial charge in [0.15, 0.2) is 0 Å². The summed E-state index contributed by atoms with van der Waals surface area (Å²) in [6.45, 7) is 5.70. The summed E-state index contributed by atoms with van der Waals surface area (Å²) in [6, 6.07) is 6.85. The van der Waals surface area contributed by atoms with Crippen molar-refractivity contribution in [1.29, 1.82) is 0 Å². The first-order valence-electron chi connectivity index (χ1n) is 11.5. The maximum absolute atomic E-state index is 13.2. The van der Waals surface area contributed by atoms with Crippen LogP contribution in [0.2, 0.25) is 0 Å². The van der Waals surface area contributed by atoms with Gasteiger partial charge in [-0.05, 0) is 81.6 Å². The van der Waals surface area contributed by atoms with Gasteiger partial charge in [-0.15, -0.1) is 12.4 Å². The van der Waals surface area contributed by atoms with Crippen LogP contribution in [0.1, 0.15) is 53.0 Å². The zero-order valence-corrected chi connectivity index (χ0v) is 18.9. The highest BCUT2D eigenvalue weighted by Crippen LogP contribution is 2.28. The van der Waals surface area contributed by atoms with Crippen LogP contribution >= 0.6 is 12.4 Å². The van der Waals surface area contributed by atoms with Gasteiger partial charge in [-0.25, -0.2) is 4.39 Å². The van der Waals surface area contributed by atoms with E-state index in [0.29, 0.717) is 5.92 Å². The van der Waals surface area contributed by atoms with Gasteiger partial charge in [-0.1, -0.05) is 12.1 Å². The molecular weight excluding hydrogens is 415 g/mol. The number of amides is 1. The van der Waals surface area contributed by atoms with E-state index in [2.05, 4.69) is 9.80 Å². The van der Waals surface area contributed by atoms with Crippen LogP contribution < -0.4 is 0 Å². The lowest BCUT2D eigenvalue weighted by atomic mass is 9.93. The Morgan fingerprint density at radius 2 is 1.74 bits per heavy atom. The Kier molecular flexibility index (Phi) is 6.97. The van der Waals surface area contributed by atoms with E-state index >= 15 is 0 Å². The Bertz CT molecular complexity index is 905. The molecule has 1 aromatic carbocycles. The number of likely N-dealkylation sites (tertiary alicyclic amines) is 1. The fraction of sp³-hybridized carbons (Fsp3) is 0.583. The Hall–Kier alpha value is -1.92. The Morgan fingerprint density at radius 1 is 1.00 bits per heavy atom. The fourth-order valence-corrected chi connectivity index (χ4v) is 5.29. The molecule has 31 heavy (non-hydrogen) atoms. The quantitative estimate of drug-likeness (QED) is 0.702. The molecule has 0 unspecified atom stereocenters. The van der Waals surface area contributed by atoms with Crippen LogP contribution in [0.3, 0.4) is 0 Å². The molecule has 0 N–H and O–H groups in total. The summed E-state index contributed by atoms with van der Waals surface area (Å²) < 4.78 is 15.0. The van der Waals surface area contributed by atoms with E-state index in [4.69, 9.17) is 5.10 Å². The minimum absolute atomic E-state index is 0. The minimum atomic E-state index is -0.171. The molecule has 1 aliphatic carbocycles. The maximum atomic E-state index is 13.2. The van der Waals surface area contributed by atoms with Crippen molar-refractivity contribution in [3.8, 4) is 0 Å². The lowest BCUT2D eigenvalue weighted by Crippen LogP contribution is -2.45. The number of aromatic nitrogens is 2. The number of hydrogen-bond donors (Lipinski definition) is 0. The zero-order chi connectivity index (χ0) is 20.5. The minimum Gasteiger partial charge on any atom is -0.335 e. The van der Waals surface area contributed by atoms with Crippen LogP contribution in [0, 0.1) is 11.7 Å². The van der Waals surface area contributed by atoms with Gasteiger partial charge < -0.3 is 9.80 Å².